The fourth-order valence-corrected chi connectivity index (χ4v) is 3.34. The molecule has 2 N–H and O–H groups in total. The highest BCUT2D eigenvalue weighted by atomic mass is 19.2. The van der Waals surface area contributed by atoms with Crippen LogP contribution in [0.25, 0.3) is 0 Å². The maximum Gasteiger partial charge on any atom is 0.191 e. The van der Waals surface area contributed by atoms with Crippen LogP contribution in [-0.2, 0) is 6.54 Å². The SMILES string of the molecule is CCC(CC)CNC(=NC)NC1CCN(Cc2ccc(F)c(F)c2)CC1. The summed E-state index contributed by atoms with van der Waals surface area (Å²) in [5.74, 6) is -0.0160. The second kappa shape index (κ2) is 10.5. The number of aliphatic imine (C=N–C) groups is 1. The van der Waals surface area contributed by atoms with Gasteiger partial charge in [0.2, 0.25) is 0 Å². The largest absolute Gasteiger partial charge is 0.356 e. The number of piperidine rings is 1. The third kappa shape index (κ3) is 6.24. The third-order valence-corrected chi connectivity index (χ3v) is 5.26. The molecule has 6 heteroatoms. The van der Waals surface area contributed by atoms with Crippen molar-refractivity contribution in [2.45, 2.75) is 52.1 Å². The third-order valence-electron chi connectivity index (χ3n) is 5.26. The highest BCUT2D eigenvalue weighted by Gasteiger charge is 2.20. The van der Waals surface area contributed by atoms with Gasteiger partial charge in [-0.2, -0.15) is 0 Å². The number of benzene rings is 1. The summed E-state index contributed by atoms with van der Waals surface area (Å²) in [7, 11) is 1.81. The number of likely N-dealkylation sites (tertiary alicyclic amines) is 1. The fourth-order valence-electron chi connectivity index (χ4n) is 3.34. The summed E-state index contributed by atoms with van der Waals surface area (Å²) in [4.78, 5) is 6.61. The Morgan fingerprint density at radius 2 is 1.88 bits per heavy atom. The predicted molar refractivity (Wildman–Crippen MR) is 103 cm³/mol. The van der Waals surface area contributed by atoms with E-state index in [1.165, 1.54) is 25.0 Å². The average Bonchev–Trinajstić information content (AvgIpc) is 2.66. The first-order valence-corrected chi connectivity index (χ1v) is 9.69. The van der Waals surface area contributed by atoms with Crippen LogP contribution in [0, 0.1) is 17.6 Å². The number of halogens is 2. The lowest BCUT2D eigenvalue weighted by atomic mass is 10.0. The molecule has 0 saturated carbocycles. The lowest BCUT2D eigenvalue weighted by Crippen LogP contribution is -2.49. The van der Waals surface area contributed by atoms with Crippen molar-refractivity contribution in [2.75, 3.05) is 26.7 Å². The van der Waals surface area contributed by atoms with Crippen LogP contribution < -0.4 is 10.6 Å². The highest BCUT2D eigenvalue weighted by molar-refractivity contribution is 5.79. The Kier molecular flexibility index (Phi) is 8.29. The van der Waals surface area contributed by atoms with E-state index in [9.17, 15) is 8.78 Å². The van der Waals surface area contributed by atoms with Crippen LogP contribution in [0.3, 0.4) is 0 Å². The molecule has 1 heterocycles. The standard InChI is InChI=1S/C20H32F2N4/c1-4-15(5-2)13-24-20(23-3)25-17-8-10-26(11-9-17)14-16-6-7-18(21)19(22)12-16/h6-7,12,15,17H,4-5,8-11,13-14H2,1-3H3,(H2,23,24,25). The molecule has 146 valence electrons. The smallest absolute Gasteiger partial charge is 0.191 e. The summed E-state index contributed by atoms with van der Waals surface area (Å²) >= 11 is 0. The van der Waals surface area contributed by atoms with Crippen molar-refractivity contribution in [1.29, 1.82) is 0 Å². The van der Waals surface area contributed by atoms with Crippen molar-refractivity contribution in [2.24, 2.45) is 10.9 Å². The fraction of sp³-hybridized carbons (Fsp3) is 0.650. The van der Waals surface area contributed by atoms with Crippen LogP contribution in [0.1, 0.15) is 45.1 Å². The zero-order valence-electron chi connectivity index (χ0n) is 16.2. The van der Waals surface area contributed by atoms with Gasteiger partial charge in [-0.25, -0.2) is 8.78 Å². The molecule has 0 bridgehead atoms. The van der Waals surface area contributed by atoms with Crippen LogP contribution in [-0.4, -0.2) is 43.6 Å². The highest BCUT2D eigenvalue weighted by Crippen LogP contribution is 2.16. The summed E-state index contributed by atoms with van der Waals surface area (Å²) < 4.78 is 26.4. The monoisotopic (exact) mass is 366 g/mol. The number of hydrogen-bond donors (Lipinski definition) is 2. The summed E-state index contributed by atoms with van der Waals surface area (Å²) in [6, 6.07) is 4.55. The zero-order chi connectivity index (χ0) is 18.9. The van der Waals surface area contributed by atoms with E-state index in [-0.39, 0.29) is 0 Å². The number of nitrogens with one attached hydrogen (secondary N) is 2. The maximum atomic E-state index is 13.3. The van der Waals surface area contributed by atoms with E-state index >= 15 is 0 Å². The van der Waals surface area contributed by atoms with Crippen LogP contribution in [0.2, 0.25) is 0 Å². The van der Waals surface area contributed by atoms with Crippen molar-refractivity contribution in [3.8, 4) is 0 Å². The molecule has 0 atom stereocenters. The average molecular weight is 367 g/mol. The minimum atomic E-state index is -0.788. The zero-order valence-corrected chi connectivity index (χ0v) is 16.2. The van der Waals surface area contributed by atoms with Gasteiger partial charge in [0.15, 0.2) is 17.6 Å². The summed E-state index contributed by atoms with van der Waals surface area (Å²) in [5, 5.41) is 6.94. The Bertz CT molecular complexity index is 579. The molecule has 0 unspecified atom stereocenters. The van der Waals surface area contributed by atoms with Crippen molar-refractivity contribution in [3.63, 3.8) is 0 Å². The van der Waals surface area contributed by atoms with Gasteiger partial charge in [0.05, 0.1) is 0 Å². The number of rotatable bonds is 7. The summed E-state index contributed by atoms with van der Waals surface area (Å²) in [6.45, 7) is 7.90. The number of guanidine groups is 1. The van der Waals surface area contributed by atoms with E-state index in [0.29, 0.717) is 18.5 Å². The minimum Gasteiger partial charge on any atom is -0.356 e. The van der Waals surface area contributed by atoms with Crippen LogP contribution in [0.15, 0.2) is 23.2 Å². The van der Waals surface area contributed by atoms with Crippen LogP contribution >= 0.6 is 0 Å². The molecule has 1 aliphatic rings. The first-order chi connectivity index (χ1) is 12.5. The van der Waals surface area contributed by atoms with Gasteiger partial charge in [-0.3, -0.25) is 9.89 Å². The Hall–Kier alpha value is -1.69. The molecule has 1 fully saturated rings. The molecule has 1 aromatic rings. The molecule has 2 rings (SSSR count). The Labute approximate surface area is 156 Å². The van der Waals surface area contributed by atoms with Crippen molar-refractivity contribution >= 4 is 5.96 Å². The molecular weight excluding hydrogens is 334 g/mol. The Morgan fingerprint density at radius 3 is 2.46 bits per heavy atom. The molecule has 4 nitrogen and oxygen atoms in total. The van der Waals surface area contributed by atoms with E-state index < -0.39 is 11.6 Å². The van der Waals surface area contributed by atoms with E-state index in [4.69, 9.17) is 0 Å². The molecule has 1 aromatic carbocycles. The van der Waals surface area contributed by atoms with Gasteiger partial charge in [-0.05, 0) is 36.5 Å². The van der Waals surface area contributed by atoms with Gasteiger partial charge in [0, 0.05) is 39.3 Å². The van der Waals surface area contributed by atoms with Crippen LogP contribution in [0.5, 0.6) is 0 Å². The van der Waals surface area contributed by atoms with Gasteiger partial charge in [-0.1, -0.05) is 32.8 Å². The first-order valence-electron chi connectivity index (χ1n) is 9.69. The molecule has 1 aliphatic heterocycles. The Morgan fingerprint density at radius 1 is 1.19 bits per heavy atom. The molecule has 1 saturated heterocycles. The van der Waals surface area contributed by atoms with E-state index in [1.807, 2.05) is 0 Å². The molecule has 0 aromatic heterocycles. The summed E-state index contributed by atoms with van der Waals surface area (Å²) in [5.41, 5.74) is 0.818. The lowest BCUT2D eigenvalue weighted by molar-refractivity contribution is 0.198. The van der Waals surface area contributed by atoms with Crippen molar-refractivity contribution < 1.29 is 8.78 Å². The molecule has 0 radical (unpaired) electrons. The van der Waals surface area contributed by atoms with Crippen molar-refractivity contribution in [3.05, 3.63) is 35.4 Å². The molecule has 26 heavy (non-hydrogen) atoms. The second-order valence-electron chi connectivity index (χ2n) is 7.08. The van der Waals surface area contributed by atoms with E-state index in [0.717, 1.165) is 44.0 Å². The van der Waals surface area contributed by atoms with E-state index in [1.54, 1.807) is 13.1 Å². The van der Waals surface area contributed by atoms with Gasteiger partial charge in [0.1, 0.15) is 0 Å². The van der Waals surface area contributed by atoms with Gasteiger partial charge in [-0.15, -0.1) is 0 Å². The normalized spacial score (nSPS) is 16.9. The minimum absolute atomic E-state index is 0.393. The predicted octanol–water partition coefficient (Wildman–Crippen LogP) is 3.53. The molecular formula is C20H32F2N4. The number of nitrogens with zero attached hydrogens (tertiary/aromatic N) is 2. The van der Waals surface area contributed by atoms with Crippen molar-refractivity contribution in [1.82, 2.24) is 15.5 Å². The molecule has 0 aliphatic carbocycles. The van der Waals surface area contributed by atoms with Gasteiger partial charge < -0.3 is 10.6 Å². The second-order valence-corrected chi connectivity index (χ2v) is 7.08. The van der Waals surface area contributed by atoms with E-state index in [2.05, 4.69) is 34.4 Å². The molecule has 0 spiro atoms. The topological polar surface area (TPSA) is 39.7 Å². The number of hydrogen-bond acceptors (Lipinski definition) is 2. The maximum absolute atomic E-state index is 13.3. The van der Waals surface area contributed by atoms with Gasteiger partial charge in [0.25, 0.3) is 0 Å². The molecule has 0 amide bonds. The quantitative estimate of drug-likeness (QED) is 0.573. The Balaban J connectivity index is 1.75. The summed E-state index contributed by atoms with van der Waals surface area (Å²) in [6.07, 6.45) is 4.36. The lowest BCUT2D eigenvalue weighted by Gasteiger charge is -2.33. The van der Waals surface area contributed by atoms with Gasteiger partial charge >= 0.3 is 0 Å². The van der Waals surface area contributed by atoms with Crippen LogP contribution in [0.4, 0.5) is 8.78 Å². The first kappa shape index (κ1) is 20.6.